The summed E-state index contributed by atoms with van der Waals surface area (Å²) in [4.78, 5) is 23.8. The molecule has 0 aliphatic carbocycles. The van der Waals surface area contributed by atoms with E-state index in [0.717, 1.165) is 21.5 Å². The number of hydrogen-bond acceptors (Lipinski definition) is 7. The van der Waals surface area contributed by atoms with E-state index in [2.05, 4.69) is 21.1 Å². The summed E-state index contributed by atoms with van der Waals surface area (Å²) in [7, 11) is 0. The molecule has 0 heterocycles. The van der Waals surface area contributed by atoms with E-state index in [4.69, 9.17) is 4.74 Å². The highest BCUT2D eigenvalue weighted by Crippen LogP contribution is 2.26. The van der Waals surface area contributed by atoms with Crippen LogP contribution in [-0.4, -0.2) is 47.7 Å². The monoisotopic (exact) mass is 470 g/mol. The minimum atomic E-state index is -0.571. The molecule has 4 N–H and O–H groups in total. The van der Waals surface area contributed by atoms with Gasteiger partial charge in [-0.25, -0.2) is 10.9 Å². The van der Waals surface area contributed by atoms with E-state index in [9.17, 15) is 19.8 Å². The van der Waals surface area contributed by atoms with Crippen molar-refractivity contribution in [3.63, 3.8) is 0 Å². The van der Waals surface area contributed by atoms with Crippen LogP contribution < -0.4 is 10.9 Å². The topological polar surface area (TPSA) is 133 Å². The fraction of sp³-hybridized carbons (Fsp3) is 0.0769. The molecular formula is C26H22N4O5. The van der Waals surface area contributed by atoms with Crippen LogP contribution in [-0.2, 0) is 14.3 Å². The zero-order valence-corrected chi connectivity index (χ0v) is 18.5. The number of hydrazone groups is 2. The van der Waals surface area contributed by atoms with Gasteiger partial charge in [-0.3, -0.25) is 9.59 Å². The number of nitrogens with zero attached hydrogens (tertiary/aromatic N) is 2. The summed E-state index contributed by atoms with van der Waals surface area (Å²) in [5.74, 6) is -1.07. The Labute approximate surface area is 200 Å². The van der Waals surface area contributed by atoms with Crippen LogP contribution in [0.2, 0.25) is 0 Å². The second kappa shape index (κ2) is 10.9. The molecule has 2 amide bonds. The first-order valence-corrected chi connectivity index (χ1v) is 10.7. The van der Waals surface area contributed by atoms with E-state index >= 15 is 0 Å². The number of carbonyl (C=O) groups is 2. The minimum Gasteiger partial charge on any atom is -0.507 e. The van der Waals surface area contributed by atoms with Crippen molar-refractivity contribution in [3.05, 3.63) is 83.9 Å². The number of amides is 2. The zero-order chi connectivity index (χ0) is 24.6. The SMILES string of the molecule is O=C(COCC(=O)NN=Cc1c(O)ccc2ccccc12)NN=Cc1c(O)ccc2ccccc12. The van der Waals surface area contributed by atoms with Crippen molar-refractivity contribution < 1.29 is 24.5 Å². The zero-order valence-electron chi connectivity index (χ0n) is 18.5. The Morgan fingerprint density at radius 3 is 1.57 bits per heavy atom. The van der Waals surface area contributed by atoms with E-state index in [0.29, 0.717) is 11.1 Å². The van der Waals surface area contributed by atoms with Gasteiger partial charge in [-0.15, -0.1) is 0 Å². The average Bonchev–Trinajstić information content (AvgIpc) is 2.86. The molecule has 0 saturated heterocycles. The normalized spacial score (nSPS) is 11.4. The van der Waals surface area contributed by atoms with E-state index < -0.39 is 25.0 Å². The summed E-state index contributed by atoms with van der Waals surface area (Å²) in [6.07, 6.45) is 2.69. The van der Waals surface area contributed by atoms with Crippen LogP contribution in [0.4, 0.5) is 0 Å². The Hall–Kier alpha value is -4.76. The molecule has 35 heavy (non-hydrogen) atoms. The number of phenols is 2. The molecule has 0 aromatic heterocycles. The van der Waals surface area contributed by atoms with E-state index in [1.165, 1.54) is 12.4 Å². The first-order valence-electron chi connectivity index (χ1n) is 10.7. The third-order valence-electron chi connectivity index (χ3n) is 5.13. The first-order chi connectivity index (χ1) is 17.0. The Kier molecular flexibility index (Phi) is 7.29. The molecule has 0 spiro atoms. The molecule has 0 bridgehead atoms. The molecule has 0 aliphatic rings. The molecule has 0 unspecified atom stereocenters. The van der Waals surface area contributed by atoms with Crippen molar-refractivity contribution in [2.24, 2.45) is 10.2 Å². The van der Waals surface area contributed by atoms with Crippen LogP contribution in [0.5, 0.6) is 11.5 Å². The maximum Gasteiger partial charge on any atom is 0.266 e. The van der Waals surface area contributed by atoms with Gasteiger partial charge in [0, 0.05) is 11.1 Å². The van der Waals surface area contributed by atoms with Gasteiger partial charge in [-0.05, 0) is 33.7 Å². The maximum absolute atomic E-state index is 11.9. The van der Waals surface area contributed by atoms with Crippen LogP contribution in [0.3, 0.4) is 0 Å². The minimum absolute atomic E-state index is 0.0343. The predicted molar refractivity (Wildman–Crippen MR) is 134 cm³/mol. The second-order valence-corrected chi connectivity index (χ2v) is 7.52. The Balaban J connectivity index is 1.24. The Morgan fingerprint density at radius 1 is 0.686 bits per heavy atom. The van der Waals surface area contributed by atoms with Gasteiger partial charge >= 0.3 is 0 Å². The van der Waals surface area contributed by atoms with Gasteiger partial charge in [0.25, 0.3) is 11.8 Å². The summed E-state index contributed by atoms with van der Waals surface area (Å²) in [5, 5.41) is 31.3. The largest absolute Gasteiger partial charge is 0.507 e. The van der Waals surface area contributed by atoms with Crippen LogP contribution in [0.15, 0.2) is 83.0 Å². The molecule has 4 aromatic carbocycles. The van der Waals surface area contributed by atoms with Crippen molar-refractivity contribution >= 4 is 45.8 Å². The molecule has 4 aromatic rings. The number of fused-ring (bicyclic) bond motifs is 2. The number of phenolic OH excluding ortho intramolecular Hbond substituents is 2. The lowest BCUT2D eigenvalue weighted by atomic mass is 10.0. The third-order valence-corrected chi connectivity index (χ3v) is 5.13. The molecular weight excluding hydrogens is 448 g/mol. The van der Waals surface area contributed by atoms with Crippen LogP contribution in [0, 0.1) is 0 Å². The maximum atomic E-state index is 11.9. The number of rotatable bonds is 8. The number of benzene rings is 4. The fourth-order valence-electron chi connectivity index (χ4n) is 3.48. The van der Waals surface area contributed by atoms with E-state index in [-0.39, 0.29) is 11.5 Å². The molecule has 0 atom stereocenters. The van der Waals surface area contributed by atoms with Gasteiger partial charge in [0.05, 0.1) is 12.4 Å². The number of ether oxygens (including phenoxy) is 1. The van der Waals surface area contributed by atoms with E-state index in [1.807, 2.05) is 48.5 Å². The number of carbonyl (C=O) groups excluding carboxylic acids is 2. The third kappa shape index (κ3) is 5.79. The quantitative estimate of drug-likeness (QED) is 0.232. The molecule has 4 rings (SSSR count). The fourth-order valence-corrected chi connectivity index (χ4v) is 3.48. The summed E-state index contributed by atoms with van der Waals surface area (Å²) >= 11 is 0. The highest BCUT2D eigenvalue weighted by Gasteiger charge is 2.07. The van der Waals surface area contributed by atoms with Gasteiger partial charge in [-0.2, -0.15) is 10.2 Å². The first kappa shape index (κ1) is 23.4. The number of hydrogen-bond donors (Lipinski definition) is 4. The molecule has 9 heteroatoms. The van der Waals surface area contributed by atoms with Gasteiger partial charge in [0.15, 0.2) is 0 Å². The number of nitrogens with one attached hydrogen (secondary N) is 2. The summed E-state index contributed by atoms with van der Waals surface area (Å²) in [5.41, 5.74) is 5.52. The summed E-state index contributed by atoms with van der Waals surface area (Å²) < 4.78 is 5.08. The van der Waals surface area contributed by atoms with Gasteiger partial charge < -0.3 is 14.9 Å². The lowest BCUT2D eigenvalue weighted by Crippen LogP contribution is -2.28. The van der Waals surface area contributed by atoms with Gasteiger partial charge in [0.2, 0.25) is 0 Å². The molecule has 9 nitrogen and oxygen atoms in total. The highest BCUT2D eigenvalue weighted by atomic mass is 16.5. The van der Waals surface area contributed by atoms with Crippen molar-refractivity contribution in [2.75, 3.05) is 13.2 Å². The van der Waals surface area contributed by atoms with Crippen molar-refractivity contribution in [2.45, 2.75) is 0 Å². The van der Waals surface area contributed by atoms with Crippen molar-refractivity contribution in [1.82, 2.24) is 10.9 Å². The predicted octanol–water partition coefficient (Wildman–Crippen LogP) is 3.02. The van der Waals surface area contributed by atoms with E-state index in [1.54, 1.807) is 24.3 Å². The molecule has 0 saturated carbocycles. The lowest BCUT2D eigenvalue weighted by molar-refractivity contribution is -0.130. The molecule has 0 fully saturated rings. The van der Waals surface area contributed by atoms with Gasteiger partial charge in [0.1, 0.15) is 24.7 Å². The van der Waals surface area contributed by atoms with Crippen LogP contribution in [0.25, 0.3) is 21.5 Å². The summed E-state index contributed by atoms with van der Waals surface area (Å²) in [6, 6.07) is 21.6. The molecule has 0 radical (unpaired) electrons. The average molecular weight is 470 g/mol. The van der Waals surface area contributed by atoms with Crippen LogP contribution in [0.1, 0.15) is 11.1 Å². The van der Waals surface area contributed by atoms with Gasteiger partial charge in [-0.1, -0.05) is 60.7 Å². The van der Waals surface area contributed by atoms with Crippen molar-refractivity contribution in [1.29, 1.82) is 0 Å². The summed E-state index contributed by atoms with van der Waals surface area (Å²) in [6.45, 7) is -0.805. The molecule has 176 valence electrons. The van der Waals surface area contributed by atoms with Crippen molar-refractivity contribution in [3.8, 4) is 11.5 Å². The Bertz CT molecular complexity index is 1340. The number of aromatic hydroxyl groups is 2. The van der Waals surface area contributed by atoms with Crippen LogP contribution >= 0.6 is 0 Å². The highest BCUT2D eigenvalue weighted by molar-refractivity contribution is 6.03. The second-order valence-electron chi connectivity index (χ2n) is 7.52. The Morgan fingerprint density at radius 2 is 1.11 bits per heavy atom. The molecule has 0 aliphatic heterocycles. The standard InChI is InChI=1S/C26H22N4O5/c31-23-11-9-17-5-1-3-7-19(17)21(23)13-27-29-25(33)15-35-16-26(34)30-28-14-22-20-8-4-2-6-18(20)10-12-24(22)32/h1-14,31-32H,15-16H2,(H,29,33)(H,30,34). The smallest absolute Gasteiger partial charge is 0.266 e. The lowest BCUT2D eigenvalue weighted by Gasteiger charge is -2.05.